The second-order valence-corrected chi connectivity index (χ2v) is 6.56. The molecule has 0 aromatic carbocycles. The lowest BCUT2D eigenvalue weighted by atomic mass is 9.77. The molecule has 2 aliphatic heterocycles. The van der Waals surface area contributed by atoms with Gasteiger partial charge in [0, 0.05) is 49.5 Å². The fourth-order valence-electron chi connectivity index (χ4n) is 3.77. The minimum Gasteiger partial charge on any atom is -0.477 e. The van der Waals surface area contributed by atoms with Gasteiger partial charge in [0.25, 0.3) is 0 Å². The van der Waals surface area contributed by atoms with Crippen LogP contribution in [0.2, 0.25) is 0 Å². The van der Waals surface area contributed by atoms with E-state index in [2.05, 4.69) is 9.88 Å². The summed E-state index contributed by atoms with van der Waals surface area (Å²) in [5.41, 5.74) is 1.29. The first kappa shape index (κ1) is 14.7. The number of rotatable bonds is 5. The Morgan fingerprint density at radius 1 is 1.35 bits per heavy atom. The number of pyridine rings is 1. The zero-order valence-corrected chi connectivity index (χ0v) is 13.2. The number of nitrogens with zero attached hydrogens (tertiary/aromatic N) is 2. The third-order valence-electron chi connectivity index (χ3n) is 4.98. The predicted molar refractivity (Wildman–Crippen MR) is 85.1 cm³/mol. The Hall–Kier alpha value is -1.85. The van der Waals surface area contributed by atoms with Gasteiger partial charge < -0.3 is 13.9 Å². The summed E-state index contributed by atoms with van der Waals surface area (Å²) in [5, 5.41) is 0. The maximum atomic E-state index is 6.00. The van der Waals surface area contributed by atoms with Crippen LogP contribution in [0, 0.1) is 5.41 Å². The molecule has 2 aromatic rings. The molecule has 0 saturated carbocycles. The summed E-state index contributed by atoms with van der Waals surface area (Å²) in [5.74, 6) is 0.694. The van der Waals surface area contributed by atoms with Crippen LogP contribution < -0.4 is 4.74 Å². The number of likely N-dealkylation sites (tertiary alicyclic amines) is 1. The number of hydrogen-bond acceptors (Lipinski definition) is 5. The normalized spacial score (nSPS) is 27.7. The van der Waals surface area contributed by atoms with Crippen molar-refractivity contribution in [3.63, 3.8) is 0 Å². The molecule has 0 spiro atoms. The maximum Gasteiger partial charge on any atom is 0.213 e. The summed E-state index contributed by atoms with van der Waals surface area (Å²) < 4.78 is 17.2. The molecule has 0 N–H and O–H groups in total. The molecular formula is C18H22N2O3. The zero-order valence-electron chi connectivity index (χ0n) is 13.2. The van der Waals surface area contributed by atoms with Crippen LogP contribution in [0.3, 0.4) is 0 Å². The minimum absolute atomic E-state index is 0.0690. The van der Waals surface area contributed by atoms with Crippen molar-refractivity contribution in [1.29, 1.82) is 0 Å². The quantitative estimate of drug-likeness (QED) is 0.849. The topological polar surface area (TPSA) is 47.7 Å². The van der Waals surface area contributed by atoms with Gasteiger partial charge in [-0.3, -0.25) is 4.90 Å². The van der Waals surface area contributed by atoms with E-state index in [1.54, 1.807) is 12.5 Å². The maximum absolute atomic E-state index is 6.00. The molecule has 2 aromatic heterocycles. The molecule has 0 radical (unpaired) electrons. The van der Waals surface area contributed by atoms with E-state index < -0.39 is 0 Å². The van der Waals surface area contributed by atoms with E-state index >= 15 is 0 Å². The van der Waals surface area contributed by atoms with Crippen molar-refractivity contribution < 1.29 is 13.9 Å². The molecule has 0 bridgehead atoms. The van der Waals surface area contributed by atoms with E-state index in [0.29, 0.717) is 18.6 Å². The number of aromatic nitrogens is 1. The van der Waals surface area contributed by atoms with Gasteiger partial charge in [0.15, 0.2) is 0 Å². The fraction of sp³-hybridized carbons (Fsp3) is 0.500. The molecule has 2 saturated heterocycles. The summed E-state index contributed by atoms with van der Waals surface area (Å²) in [7, 11) is 0. The highest BCUT2D eigenvalue weighted by Gasteiger charge is 2.48. The van der Waals surface area contributed by atoms with Gasteiger partial charge in [0.05, 0.1) is 25.2 Å². The lowest BCUT2D eigenvalue weighted by Gasteiger charge is -2.43. The van der Waals surface area contributed by atoms with Crippen molar-refractivity contribution in [3.8, 4) is 5.88 Å². The lowest BCUT2D eigenvalue weighted by molar-refractivity contribution is -0.0420. The van der Waals surface area contributed by atoms with Crippen LogP contribution in [0.5, 0.6) is 5.88 Å². The molecule has 5 nitrogen and oxygen atoms in total. The van der Waals surface area contributed by atoms with Crippen LogP contribution >= 0.6 is 0 Å². The summed E-state index contributed by atoms with van der Waals surface area (Å²) in [6, 6.07) is 7.80. The van der Waals surface area contributed by atoms with E-state index in [4.69, 9.17) is 13.9 Å². The van der Waals surface area contributed by atoms with Gasteiger partial charge in [-0.1, -0.05) is 6.07 Å². The van der Waals surface area contributed by atoms with Crippen LogP contribution in [0.25, 0.3) is 0 Å². The van der Waals surface area contributed by atoms with Gasteiger partial charge >= 0.3 is 0 Å². The Morgan fingerprint density at radius 2 is 2.35 bits per heavy atom. The number of hydrogen-bond donors (Lipinski definition) is 0. The van der Waals surface area contributed by atoms with E-state index in [0.717, 1.165) is 39.1 Å². The molecule has 2 atom stereocenters. The van der Waals surface area contributed by atoms with Crippen molar-refractivity contribution in [1.82, 2.24) is 9.88 Å². The van der Waals surface area contributed by atoms with Crippen LogP contribution in [0.1, 0.15) is 18.4 Å². The standard InChI is InChI=1S/C18H22N2O3/c1-2-7-19-17(3-1)23-14-18-6-10-22-16(18)4-8-20(13-18)11-15-5-9-21-12-15/h1-3,5,7,9,12,16H,4,6,8,10-11,13-14H2/t16-,18+/m0/s1. The lowest BCUT2D eigenvalue weighted by Crippen LogP contribution is -2.52. The van der Waals surface area contributed by atoms with Gasteiger partial charge in [-0.15, -0.1) is 0 Å². The molecule has 4 rings (SSSR count). The Morgan fingerprint density at radius 3 is 3.17 bits per heavy atom. The van der Waals surface area contributed by atoms with Crippen LogP contribution in [0.15, 0.2) is 47.4 Å². The van der Waals surface area contributed by atoms with Crippen molar-refractivity contribution in [3.05, 3.63) is 48.6 Å². The Kier molecular flexibility index (Phi) is 4.06. The van der Waals surface area contributed by atoms with Gasteiger partial charge in [-0.25, -0.2) is 4.98 Å². The molecule has 0 aliphatic carbocycles. The predicted octanol–water partition coefficient (Wildman–Crippen LogP) is 2.73. The molecule has 5 heteroatoms. The Balaban J connectivity index is 1.44. The average Bonchev–Trinajstić information content (AvgIpc) is 3.23. The highest BCUT2D eigenvalue weighted by molar-refractivity contribution is 5.11. The van der Waals surface area contributed by atoms with E-state index in [9.17, 15) is 0 Å². The van der Waals surface area contributed by atoms with E-state index in [1.165, 1.54) is 5.56 Å². The summed E-state index contributed by atoms with van der Waals surface area (Å²) in [6.07, 6.45) is 7.74. The third kappa shape index (κ3) is 3.12. The first-order chi connectivity index (χ1) is 11.3. The Labute approximate surface area is 136 Å². The average molecular weight is 314 g/mol. The third-order valence-corrected chi connectivity index (χ3v) is 4.98. The van der Waals surface area contributed by atoms with Gasteiger partial charge in [0.1, 0.15) is 0 Å². The van der Waals surface area contributed by atoms with Crippen molar-refractivity contribution in [2.75, 3.05) is 26.3 Å². The van der Waals surface area contributed by atoms with Crippen molar-refractivity contribution in [2.24, 2.45) is 5.41 Å². The highest BCUT2D eigenvalue weighted by atomic mass is 16.5. The van der Waals surface area contributed by atoms with Crippen LogP contribution in [-0.2, 0) is 11.3 Å². The van der Waals surface area contributed by atoms with Crippen molar-refractivity contribution in [2.45, 2.75) is 25.5 Å². The fourth-order valence-corrected chi connectivity index (χ4v) is 3.77. The first-order valence-corrected chi connectivity index (χ1v) is 8.23. The SMILES string of the molecule is c1ccc(OC[C@]23CCO[C@H]2CCN(Cc2ccoc2)C3)nc1. The molecule has 2 aliphatic rings. The molecule has 2 fully saturated rings. The number of piperidine rings is 1. The molecule has 122 valence electrons. The number of fused-ring (bicyclic) bond motifs is 1. The highest BCUT2D eigenvalue weighted by Crippen LogP contribution is 2.41. The smallest absolute Gasteiger partial charge is 0.213 e. The molecule has 23 heavy (non-hydrogen) atoms. The second kappa shape index (κ2) is 6.34. The van der Waals surface area contributed by atoms with Crippen molar-refractivity contribution >= 4 is 0 Å². The van der Waals surface area contributed by atoms with E-state index in [-0.39, 0.29) is 5.41 Å². The van der Waals surface area contributed by atoms with E-state index in [1.807, 2.05) is 30.5 Å². The molecule has 0 amide bonds. The molecule has 4 heterocycles. The first-order valence-electron chi connectivity index (χ1n) is 8.23. The van der Waals surface area contributed by atoms with Crippen LogP contribution in [0.4, 0.5) is 0 Å². The molecular weight excluding hydrogens is 292 g/mol. The minimum atomic E-state index is 0.0690. The number of ether oxygens (including phenoxy) is 2. The zero-order chi connectivity index (χ0) is 15.5. The molecule has 0 unspecified atom stereocenters. The van der Waals surface area contributed by atoms with Gasteiger partial charge in [-0.05, 0) is 25.0 Å². The summed E-state index contributed by atoms with van der Waals surface area (Å²) in [4.78, 5) is 6.75. The second-order valence-electron chi connectivity index (χ2n) is 6.56. The Bertz CT molecular complexity index is 616. The van der Waals surface area contributed by atoms with Crippen LogP contribution in [-0.4, -0.2) is 42.3 Å². The largest absolute Gasteiger partial charge is 0.477 e. The number of furan rings is 1. The van der Waals surface area contributed by atoms with Gasteiger partial charge in [0.2, 0.25) is 5.88 Å². The van der Waals surface area contributed by atoms with Gasteiger partial charge in [-0.2, -0.15) is 0 Å². The summed E-state index contributed by atoms with van der Waals surface area (Å²) >= 11 is 0. The summed E-state index contributed by atoms with van der Waals surface area (Å²) in [6.45, 7) is 4.47. The monoisotopic (exact) mass is 314 g/mol.